The third-order valence-electron chi connectivity index (χ3n) is 5.25. The zero-order valence-electron chi connectivity index (χ0n) is 17.0. The molecule has 4 aromatic rings. The van der Waals surface area contributed by atoms with Crippen molar-refractivity contribution in [2.45, 2.75) is 38.2 Å². The van der Waals surface area contributed by atoms with Crippen molar-refractivity contribution >= 4 is 11.2 Å². The summed E-state index contributed by atoms with van der Waals surface area (Å²) in [6.45, 7) is 0. The molecule has 1 unspecified atom stereocenters. The van der Waals surface area contributed by atoms with Crippen molar-refractivity contribution in [1.29, 1.82) is 5.26 Å². The molecule has 1 atom stereocenters. The molecule has 156 valence electrons. The highest BCUT2D eigenvalue weighted by Crippen LogP contribution is 2.29. The van der Waals surface area contributed by atoms with E-state index in [2.05, 4.69) is 22.1 Å². The van der Waals surface area contributed by atoms with Crippen LogP contribution in [0, 0.1) is 17.1 Å². The first-order chi connectivity index (χ1) is 15.1. The van der Waals surface area contributed by atoms with Gasteiger partial charge in [-0.1, -0.05) is 49.2 Å². The van der Waals surface area contributed by atoms with Crippen LogP contribution in [-0.4, -0.2) is 15.1 Å². The van der Waals surface area contributed by atoms with Gasteiger partial charge in [-0.25, -0.2) is 9.37 Å². The number of benzene rings is 2. The average Bonchev–Trinajstić information content (AvgIpc) is 3.23. The van der Waals surface area contributed by atoms with E-state index < -0.39 is 11.9 Å². The summed E-state index contributed by atoms with van der Waals surface area (Å²) in [4.78, 5) is 8.58. The van der Waals surface area contributed by atoms with Crippen molar-refractivity contribution in [3.05, 3.63) is 83.6 Å². The van der Waals surface area contributed by atoms with Gasteiger partial charge in [0.1, 0.15) is 11.9 Å². The summed E-state index contributed by atoms with van der Waals surface area (Å²) in [5, 5.41) is 19.7. The molecule has 0 aliphatic heterocycles. The normalized spacial score (nSPS) is 12.0. The Morgan fingerprint density at radius 3 is 2.71 bits per heavy atom. The smallest absolute Gasteiger partial charge is 0.225 e. The number of pyridine rings is 1. The summed E-state index contributed by atoms with van der Waals surface area (Å²) in [5.41, 5.74) is 3.55. The van der Waals surface area contributed by atoms with Crippen LogP contribution < -0.4 is 0 Å². The molecular formula is C25H22FN3O2. The van der Waals surface area contributed by atoms with Crippen molar-refractivity contribution < 1.29 is 13.9 Å². The first-order valence-corrected chi connectivity index (χ1v) is 10.3. The van der Waals surface area contributed by atoms with Gasteiger partial charge in [0.05, 0.1) is 11.6 Å². The summed E-state index contributed by atoms with van der Waals surface area (Å²) in [7, 11) is 0. The van der Waals surface area contributed by atoms with Crippen molar-refractivity contribution in [3.8, 4) is 17.2 Å². The lowest BCUT2D eigenvalue weighted by atomic mass is 10.0. The van der Waals surface area contributed by atoms with E-state index in [1.54, 1.807) is 12.3 Å². The molecule has 1 N–H and O–H groups in total. The number of aliphatic hydroxyl groups excluding tert-OH is 1. The third kappa shape index (κ3) is 4.96. The minimum Gasteiger partial charge on any atom is -0.436 e. The van der Waals surface area contributed by atoms with Gasteiger partial charge in [-0.3, -0.25) is 0 Å². The zero-order valence-corrected chi connectivity index (χ0v) is 17.0. The lowest BCUT2D eigenvalue weighted by Gasteiger charge is -2.06. The van der Waals surface area contributed by atoms with Gasteiger partial charge in [0.25, 0.3) is 0 Å². The van der Waals surface area contributed by atoms with E-state index in [1.165, 1.54) is 23.8 Å². The molecule has 6 heteroatoms. The Hall–Kier alpha value is -3.56. The highest BCUT2D eigenvalue weighted by Gasteiger charge is 2.17. The molecule has 5 nitrogen and oxygen atoms in total. The van der Waals surface area contributed by atoms with Crippen LogP contribution in [0.4, 0.5) is 4.39 Å². The second kappa shape index (κ2) is 9.50. The number of unbranched alkanes of at least 4 members (excludes halogenated alkanes) is 2. The summed E-state index contributed by atoms with van der Waals surface area (Å²) in [5.74, 6) is -0.231. The van der Waals surface area contributed by atoms with Crippen LogP contribution in [0.5, 0.6) is 0 Å². The number of fused-ring (bicyclic) bond motifs is 1. The molecule has 2 heterocycles. The third-order valence-corrected chi connectivity index (χ3v) is 5.25. The maximum Gasteiger partial charge on any atom is 0.225 e. The molecule has 2 aromatic carbocycles. The van der Waals surface area contributed by atoms with Gasteiger partial charge in [-0.2, -0.15) is 10.2 Å². The Morgan fingerprint density at radius 2 is 1.90 bits per heavy atom. The van der Waals surface area contributed by atoms with E-state index in [4.69, 9.17) is 4.42 Å². The molecule has 0 aliphatic carbocycles. The Morgan fingerprint density at radius 1 is 1.06 bits per heavy atom. The fourth-order valence-electron chi connectivity index (χ4n) is 3.60. The largest absolute Gasteiger partial charge is 0.436 e. The Kier molecular flexibility index (Phi) is 6.34. The van der Waals surface area contributed by atoms with Gasteiger partial charge in [0, 0.05) is 17.3 Å². The van der Waals surface area contributed by atoms with E-state index in [-0.39, 0.29) is 11.5 Å². The van der Waals surface area contributed by atoms with Crippen molar-refractivity contribution in [2.24, 2.45) is 0 Å². The van der Waals surface area contributed by atoms with Gasteiger partial charge in [0.2, 0.25) is 5.89 Å². The second-order valence-corrected chi connectivity index (χ2v) is 7.50. The van der Waals surface area contributed by atoms with E-state index in [1.807, 2.05) is 24.3 Å². The number of aliphatic hydroxyl groups is 1. The molecule has 0 amide bonds. The quantitative estimate of drug-likeness (QED) is 0.371. The molecular weight excluding hydrogens is 393 g/mol. The number of rotatable bonds is 8. The van der Waals surface area contributed by atoms with E-state index in [9.17, 15) is 14.8 Å². The number of aryl methyl sites for hydroxylation is 1. The molecule has 0 radical (unpaired) electrons. The van der Waals surface area contributed by atoms with Crippen LogP contribution in [0.3, 0.4) is 0 Å². The fourth-order valence-corrected chi connectivity index (χ4v) is 3.60. The van der Waals surface area contributed by atoms with Gasteiger partial charge >= 0.3 is 0 Å². The minimum atomic E-state index is -0.796. The summed E-state index contributed by atoms with van der Waals surface area (Å²) in [6.07, 6.45) is 5.30. The van der Waals surface area contributed by atoms with Gasteiger partial charge in [-0.15, -0.1) is 0 Å². The van der Waals surface area contributed by atoms with E-state index in [0.717, 1.165) is 25.7 Å². The maximum atomic E-state index is 13.4. The van der Waals surface area contributed by atoms with Crippen LogP contribution in [-0.2, 0) is 6.42 Å². The molecule has 0 bridgehead atoms. The standard InChI is InChI=1S/C25H22FN3O2/c26-20-11-12-21(18(13-20)15-27)19-14-23-24(28-16-19)29-25(31-23)22(30)10-6-2-5-9-17-7-3-1-4-8-17/h1,3-4,7-8,11-14,16,22,30H,2,5-6,9-10H2. The lowest BCUT2D eigenvalue weighted by Crippen LogP contribution is -1.98. The predicted molar refractivity (Wildman–Crippen MR) is 115 cm³/mol. The van der Waals surface area contributed by atoms with Crippen molar-refractivity contribution in [2.75, 3.05) is 0 Å². The van der Waals surface area contributed by atoms with Gasteiger partial charge in [-0.05, 0) is 43.0 Å². The molecule has 0 aliphatic rings. The number of oxazole rings is 1. The lowest BCUT2D eigenvalue weighted by molar-refractivity contribution is 0.133. The molecule has 0 saturated carbocycles. The molecule has 0 spiro atoms. The first kappa shape index (κ1) is 20.7. The summed E-state index contributed by atoms with van der Waals surface area (Å²) in [6, 6.07) is 18.1. The molecule has 0 saturated heterocycles. The molecule has 31 heavy (non-hydrogen) atoms. The van der Waals surface area contributed by atoms with Crippen LogP contribution in [0.15, 0.2) is 65.2 Å². The fraction of sp³-hybridized carbons (Fsp3) is 0.240. The second-order valence-electron chi connectivity index (χ2n) is 7.50. The van der Waals surface area contributed by atoms with E-state index in [0.29, 0.717) is 28.8 Å². The Bertz CT molecular complexity index is 1210. The van der Waals surface area contributed by atoms with E-state index >= 15 is 0 Å². The van der Waals surface area contributed by atoms with Crippen LogP contribution in [0.25, 0.3) is 22.4 Å². The number of halogens is 1. The zero-order chi connectivity index (χ0) is 21.6. The first-order valence-electron chi connectivity index (χ1n) is 10.3. The minimum absolute atomic E-state index is 0.219. The summed E-state index contributed by atoms with van der Waals surface area (Å²) >= 11 is 0. The Balaban J connectivity index is 1.39. The number of hydrogen-bond donors (Lipinski definition) is 1. The summed E-state index contributed by atoms with van der Waals surface area (Å²) < 4.78 is 19.1. The number of nitriles is 1. The highest BCUT2D eigenvalue weighted by atomic mass is 19.1. The molecule has 2 aromatic heterocycles. The van der Waals surface area contributed by atoms with Crippen molar-refractivity contribution in [1.82, 2.24) is 9.97 Å². The highest BCUT2D eigenvalue weighted by molar-refractivity contribution is 5.78. The van der Waals surface area contributed by atoms with Crippen LogP contribution >= 0.6 is 0 Å². The van der Waals surface area contributed by atoms with Gasteiger partial charge in [0.15, 0.2) is 11.2 Å². The van der Waals surface area contributed by atoms with Crippen molar-refractivity contribution in [3.63, 3.8) is 0 Å². The maximum absolute atomic E-state index is 13.4. The average molecular weight is 415 g/mol. The number of nitrogens with zero attached hydrogens (tertiary/aromatic N) is 3. The topological polar surface area (TPSA) is 82.9 Å². The monoisotopic (exact) mass is 415 g/mol. The van der Waals surface area contributed by atoms with Crippen LogP contribution in [0.2, 0.25) is 0 Å². The molecule has 0 fully saturated rings. The number of aromatic nitrogens is 2. The predicted octanol–water partition coefficient (Wildman–Crippen LogP) is 5.74. The SMILES string of the molecule is N#Cc1cc(F)ccc1-c1cnc2nc(C(O)CCCCCc3ccccc3)oc2c1. The van der Waals surface area contributed by atoms with Crippen LogP contribution in [0.1, 0.15) is 48.8 Å². The van der Waals surface area contributed by atoms with Gasteiger partial charge < -0.3 is 9.52 Å². The Labute approximate surface area is 179 Å². The number of hydrogen-bond acceptors (Lipinski definition) is 5. The molecule has 4 rings (SSSR count).